The van der Waals surface area contributed by atoms with Gasteiger partial charge in [0.1, 0.15) is 17.1 Å². The van der Waals surface area contributed by atoms with Gasteiger partial charge in [-0.3, -0.25) is 9.59 Å². The number of phenolic OH excluding ortho intramolecular Hbond substituents is 1. The zero-order chi connectivity index (χ0) is 20.6. The number of furan rings is 1. The molecule has 8 heteroatoms. The van der Waals surface area contributed by atoms with Gasteiger partial charge in [-0.25, -0.2) is 4.79 Å². The van der Waals surface area contributed by atoms with Gasteiger partial charge >= 0.3 is 5.97 Å². The number of para-hydroxylation sites is 2. The average molecular weight is 394 g/mol. The van der Waals surface area contributed by atoms with Crippen molar-refractivity contribution >= 4 is 23.5 Å². The quantitative estimate of drug-likeness (QED) is 0.531. The first-order chi connectivity index (χ1) is 14.0. The van der Waals surface area contributed by atoms with Crippen molar-refractivity contribution in [1.29, 1.82) is 0 Å². The van der Waals surface area contributed by atoms with Crippen molar-refractivity contribution in [2.24, 2.45) is 0 Å². The molecule has 0 unspecified atom stereocenters. The summed E-state index contributed by atoms with van der Waals surface area (Å²) in [6, 6.07) is 15.7. The Bertz CT molecular complexity index is 1010. The predicted octanol–water partition coefficient (Wildman–Crippen LogP) is 2.71. The van der Waals surface area contributed by atoms with Crippen LogP contribution in [0.4, 0.5) is 5.69 Å². The number of carbonyl (C=O) groups is 3. The standard InChI is InChI=1S/C21H18N2O6/c24-18-10-4-2-8-16(18)21(27)29-13-19(25)23-17-9-3-1-7-15(17)20(26)22-12-14-6-5-11-28-14/h1-11,24H,12-13H2,(H,22,26)(H,23,25). The molecule has 1 aromatic heterocycles. The van der Waals surface area contributed by atoms with Crippen LogP contribution in [0.5, 0.6) is 5.75 Å². The van der Waals surface area contributed by atoms with E-state index in [4.69, 9.17) is 9.15 Å². The monoisotopic (exact) mass is 394 g/mol. The molecule has 0 radical (unpaired) electrons. The Balaban J connectivity index is 1.58. The maximum absolute atomic E-state index is 12.4. The summed E-state index contributed by atoms with van der Waals surface area (Å²) in [7, 11) is 0. The van der Waals surface area contributed by atoms with Crippen LogP contribution in [0.3, 0.4) is 0 Å². The van der Waals surface area contributed by atoms with Crippen molar-refractivity contribution in [3.05, 3.63) is 83.8 Å². The first-order valence-electron chi connectivity index (χ1n) is 8.69. The van der Waals surface area contributed by atoms with Crippen molar-refractivity contribution < 1.29 is 28.6 Å². The van der Waals surface area contributed by atoms with Gasteiger partial charge in [0, 0.05) is 0 Å². The second-order valence-electron chi connectivity index (χ2n) is 5.95. The SMILES string of the molecule is O=C(COC(=O)c1ccccc1O)Nc1ccccc1C(=O)NCc1ccco1. The number of phenols is 1. The lowest BCUT2D eigenvalue weighted by molar-refractivity contribution is -0.119. The van der Waals surface area contributed by atoms with E-state index in [9.17, 15) is 19.5 Å². The van der Waals surface area contributed by atoms with E-state index in [1.165, 1.54) is 18.4 Å². The Morgan fingerprint density at radius 1 is 0.931 bits per heavy atom. The molecule has 0 aliphatic rings. The maximum Gasteiger partial charge on any atom is 0.342 e. The van der Waals surface area contributed by atoms with E-state index < -0.39 is 24.4 Å². The van der Waals surface area contributed by atoms with Crippen molar-refractivity contribution in [2.45, 2.75) is 6.54 Å². The lowest BCUT2D eigenvalue weighted by Crippen LogP contribution is -2.26. The summed E-state index contributed by atoms with van der Waals surface area (Å²) in [6.07, 6.45) is 1.51. The minimum Gasteiger partial charge on any atom is -0.507 e. The van der Waals surface area contributed by atoms with Gasteiger partial charge in [-0.2, -0.15) is 0 Å². The minimum absolute atomic E-state index is 0.0435. The zero-order valence-electron chi connectivity index (χ0n) is 15.3. The molecule has 0 aliphatic carbocycles. The van der Waals surface area contributed by atoms with Crippen molar-refractivity contribution in [2.75, 3.05) is 11.9 Å². The van der Waals surface area contributed by atoms with Gasteiger partial charge in [-0.05, 0) is 36.4 Å². The molecule has 0 saturated carbocycles. The van der Waals surface area contributed by atoms with Gasteiger partial charge in [-0.1, -0.05) is 24.3 Å². The van der Waals surface area contributed by atoms with Crippen LogP contribution in [-0.2, 0) is 16.1 Å². The molecule has 0 bridgehead atoms. The fraction of sp³-hybridized carbons (Fsp3) is 0.0952. The molecule has 3 N–H and O–H groups in total. The van der Waals surface area contributed by atoms with E-state index in [1.54, 1.807) is 48.5 Å². The average Bonchev–Trinajstić information content (AvgIpc) is 3.25. The summed E-state index contributed by atoms with van der Waals surface area (Å²) in [4.78, 5) is 36.5. The number of amides is 2. The van der Waals surface area contributed by atoms with Crippen molar-refractivity contribution in [1.82, 2.24) is 5.32 Å². The number of hydrogen-bond donors (Lipinski definition) is 3. The Kier molecular flexibility index (Phi) is 6.26. The number of ether oxygens (including phenoxy) is 1. The Labute approximate surface area is 166 Å². The van der Waals surface area contributed by atoms with Crippen LogP contribution in [0.1, 0.15) is 26.5 Å². The van der Waals surface area contributed by atoms with Crippen molar-refractivity contribution in [3.63, 3.8) is 0 Å². The topological polar surface area (TPSA) is 118 Å². The highest BCUT2D eigenvalue weighted by Gasteiger charge is 2.16. The van der Waals surface area contributed by atoms with E-state index >= 15 is 0 Å². The lowest BCUT2D eigenvalue weighted by Gasteiger charge is -2.11. The van der Waals surface area contributed by atoms with Crippen LogP contribution >= 0.6 is 0 Å². The molecule has 2 amide bonds. The predicted molar refractivity (Wildman–Crippen MR) is 103 cm³/mol. The Hall–Kier alpha value is -4.07. The van der Waals surface area contributed by atoms with Crippen LogP contribution in [0.15, 0.2) is 71.3 Å². The molecule has 29 heavy (non-hydrogen) atoms. The minimum atomic E-state index is -0.831. The molecule has 3 aromatic rings. The summed E-state index contributed by atoms with van der Waals surface area (Å²) < 4.78 is 10.1. The first-order valence-corrected chi connectivity index (χ1v) is 8.69. The van der Waals surface area contributed by atoms with Crippen LogP contribution in [0.25, 0.3) is 0 Å². The Morgan fingerprint density at radius 3 is 2.38 bits per heavy atom. The van der Waals surface area contributed by atoms with Crippen LogP contribution in [0, 0.1) is 0 Å². The van der Waals surface area contributed by atoms with E-state index in [1.807, 2.05) is 0 Å². The third-order valence-corrected chi connectivity index (χ3v) is 3.91. The van der Waals surface area contributed by atoms with E-state index in [2.05, 4.69) is 10.6 Å². The number of hydrogen-bond acceptors (Lipinski definition) is 6. The highest BCUT2D eigenvalue weighted by molar-refractivity contribution is 6.04. The molecule has 2 aromatic carbocycles. The number of rotatable bonds is 7. The molecule has 0 atom stereocenters. The van der Waals surface area contributed by atoms with Gasteiger partial charge in [0.05, 0.1) is 24.1 Å². The van der Waals surface area contributed by atoms with Crippen LogP contribution < -0.4 is 10.6 Å². The third kappa shape index (κ3) is 5.23. The van der Waals surface area contributed by atoms with Gasteiger partial charge in [-0.15, -0.1) is 0 Å². The molecule has 0 fully saturated rings. The van der Waals surface area contributed by atoms with E-state index in [-0.39, 0.29) is 29.1 Å². The highest BCUT2D eigenvalue weighted by Crippen LogP contribution is 2.17. The molecule has 0 saturated heterocycles. The first kappa shape index (κ1) is 19.7. The smallest absolute Gasteiger partial charge is 0.342 e. The molecule has 8 nitrogen and oxygen atoms in total. The molecule has 0 spiro atoms. The number of esters is 1. The highest BCUT2D eigenvalue weighted by atomic mass is 16.5. The lowest BCUT2D eigenvalue weighted by atomic mass is 10.1. The summed E-state index contributed by atoms with van der Waals surface area (Å²) in [5, 5.41) is 14.9. The summed E-state index contributed by atoms with van der Waals surface area (Å²) in [5.74, 6) is -1.50. The second-order valence-corrected chi connectivity index (χ2v) is 5.95. The molecule has 3 rings (SSSR count). The number of nitrogens with one attached hydrogen (secondary N) is 2. The maximum atomic E-state index is 12.4. The molecule has 148 valence electrons. The van der Waals surface area contributed by atoms with E-state index in [0.717, 1.165) is 0 Å². The van der Waals surface area contributed by atoms with E-state index in [0.29, 0.717) is 5.76 Å². The third-order valence-electron chi connectivity index (χ3n) is 3.91. The van der Waals surface area contributed by atoms with Crippen LogP contribution in [-0.4, -0.2) is 29.5 Å². The van der Waals surface area contributed by atoms with Gasteiger partial charge in [0.2, 0.25) is 0 Å². The number of aromatic hydroxyl groups is 1. The fourth-order valence-electron chi connectivity index (χ4n) is 2.51. The van der Waals surface area contributed by atoms with Gasteiger partial charge in [0.15, 0.2) is 6.61 Å². The molecular formula is C21H18N2O6. The second kappa shape index (κ2) is 9.23. The van der Waals surface area contributed by atoms with Gasteiger partial charge < -0.3 is 24.9 Å². The number of carbonyl (C=O) groups excluding carboxylic acids is 3. The molecule has 1 heterocycles. The summed E-state index contributed by atoms with van der Waals surface area (Å²) >= 11 is 0. The molecule has 0 aliphatic heterocycles. The van der Waals surface area contributed by atoms with Gasteiger partial charge in [0.25, 0.3) is 11.8 Å². The summed E-state index contributed by atoms with van der Waals surface area (Å²) in [5.41, 5.74) is 0.477. The van der Waals surface area contributed by atoms with Crippen LogP contribution in [0.2, 0.25) is 0 Å². The van der Waals surface area contributed by atoms with Crippen molar-refractivity contribution in [3.8, 4) is 5.75 Å². The fourth-order valence-corrected chi connectivity index (χ4v) is 2.51. The number of anilines is 1. The summed E-state index contributed by atoms with van der Waals surface area (Å²) in [6.45, 7) is -0.373. The number of benzene rings is 2. The molecular weight excluding hydrogens is 376 g/mol. The Morgan fingerprint density at radius 2 is 1.66 bits per heavy atom. The largest absolute Gasteiger partial charge is 0.507 e. The zero-order valence-corrected chi connectivity index (χ0v) is 15.3. The normalized spacial score (nSPS) is 10.2.